The van der Waals surface area contributed by atoms with Gasteiger partial charge in [-0.15, -0.1) is 0 Å². The number of nitrogens with one attached hydrogen (secondary N) is 3. The molecule has 50 heavy (non-hydrogen) atoms. The number of halogens is 4. The van der Waals surface area contributed by atoms with Crippen molar-refractivity contribution in [3.63, 3.8) is 0 Å². The van der Waals surface area contributed by atoms with E-state index in [9.17, 15) is 26.8 Å². The summed E-state index contributed by atoms with van der Waals surface area (Å²) >= 11 is 0. The predicted molar refractivity (Wildman–Crippen MR) is 180 cm³/mol. The average Bonchev–Trinajstić information content (AvgIpc) is 3.60. The minimum atomic E-state index is -4.33. The summed E-state index contributed by atoms with van der Waals surface area (Å²) in [7, 11) is -4.33. The van der Waals surface area contributed by atoms with Crippen LogP contribution in [0, 0.1) is 5.82 Å². The Morgan fingerprint density at radius 2 is 1.72 bits per heavy atom. The monoisotopic (exact) mass is 719 g/mol. The van der Waals surface area contributed by atoms with Gasteiger partial charge in [0.15, 0.2) is 0 Å². The van der Waals surface area contributed by atoms with Crippen molar-refractivity contribution in [2.24, 2.45) is 0 Å². The number of alkyl halides is 3. The topological polar surface area (TPSA) is 114 Å². The Balaban J connectivity index is 1.12. The maximum absolute atomic E-state index is 15.7. The number of benzene rings is 2. The van der Waals surface area contributed by atoms with E-state index in [2.05, 4.69) is 10.6 Å². The van der Waals surface area contributed by atoms with Crippen molar-refractivity contribution < 1.29 is 40.3 Å². The fraction of sp³-hybridized carbons (Fsp3) is 0.622. The van der Waals surface area contributed by atoms with Crippen molar-refractivity contribution in [1.82, 2.24) is 15.4 Å². The van der Waals surface area contributed by atoms with Crippen LogP contribution in [0.4, 0.5) is 17.6 Å². The molecule has 0 bridgehead atoms. The Morgan fingerprint density at radius 3 is 2.34 bits per heavy atom. The van der Waals surface area contributed by atoms with Crippen molar-refractivity contribution in [2.45, 2.75) is 137 Å². The molecule has 2 amide bonds. The minimum absolute atomic E-state index is 0.00742. The molecule has 272 valence electrons. The first-order valence-corrected chi connectivity index (χ1v) is 19.3. The molecular formula is C37H45F4N3O5S. The van der Waals surface area contributed by atoms with Gasteiger partial charge in [-0.2, -0.15) is 0 Å². The normalized spacial score (nSPS) is 27.6. The molecule has 2 aromatic rings. The van der Waals surface area contributed by atoms with Gasteiger partial charge in [-0.1, -0.05) is 24.6 Å². The van der Waals surface area contributed by atoms with E-state index in [1.54, 1.807) is 44.2 Å². The van der Waals surface area contributed by atoms with Gasteiger partial charge in [0.05, 0.1) is 10.7 Å². The quantitative estimate of drug-likeness (QED) is 0.248. The third-order valence-electron chi connectivity index (χ3n) is 11.9. The summed E-state index contributed by atoms with van der Waals surface area (Å²) in [6.45, 7) is 3.09. The molecule has 1 aliphatic heterocycles. The Morgan fingerprint density at radius 1 is 0.980 bits per heavy atom. The summed E-state index contributed by atoms with van der Waals surface area (Å²) in [4.78, 5) is 26.5. The average molecular weight is 720 g/mol. The number of rotatable bonds is 10. The molecule has 8 nitrogen and oxygen atoms in total. The molecule has 7 rings (SSSR count). The van der Waals surface area contributed by atoms with Gasteiger partial charge in [0.2, 0.25) is 21.6 Å². The van der Waals surface area contributed by atoms with Crippen LogP contribution in [0.3, 0.4) is 0 Å². The molecule has 3 N–H and O–H groups in total. The van der Waals surface area contributed by atoms with Gasteiger partial charge in [-0.3, -0.25) is 14.3 Å². The van der Waals surface area contributed by atoms with Crippen LogP contribution in [0.25, 0.3) is 11.1 Å². The fourth-order valence-corrected chi connectivity index (χ4v) is 9.80. The largest absolute Gasteiger partial charge is 0.490 e. The van der Waals surface area contributed by atoms with Gasteiger partial charge in [-0.25, -0.2) is 26.0 Å². The second-order valence-corrected chi connectivity index (χ2v) is 17.8. The SMILES string of the molecule is CC(C)(C(=O)NS(=O)(=O)C1CC(F)(F)C1)c1ccc(O[C@@H]2CC[C@@H](NC(=O)[C@]3(F)CNC4(CCC4)C3)C2)c(-c2cccc(F)c2C2CCC2)c1. The van der Waals surface area contributed by atoms with Crippen LogP contribution in [0.5, 0.6) is 5.75 Å². The van der Waals surface area contributed by atoms with E-state index in [0.717, 1.165) is 38.5 Å². The van der Waals surface area contributed by atoms with Crippen LogP contribution >= 0.6 is 0 Å². The molecule has 4 saturated carbocycles. The standard InChI is InChI=1S/C37H45F4N3O5S/c1-34(2,32(45)44-50(47,48)26-18-37(40,41)19-26)23-10-13-30(28(16-23)27-8-4-9-29(38)31(27)22-6-3-7-22)49-25-12-11-24(17-25)43-33(46)36(39)20-35(42-21-36)14-5-15-35/h4,8-10,13,16,22,24-26,42H,3,5-7,11-12,14-15,17-21H2,1-2H3,(H,43,46)(H,44,45)/t24-,25-,36-/m1/s1. The number of hydrogen-bond donors (Lipinski definition) is 3. The highest BCUT2D eigenvalue weighted by Crippen LogP contribution is 2.47. The molecule has 0 radical (unpaired) electrons. The van der Waals surface area contributed by atoms with Gasteiger partial charge in [0.25, 0.3) is 11.8 Å². The fourth-order valence-electron chi connectivity index (χ4n) is 8.19. The van der Waals surface area contributed by atoms with Crippen LogP contribution in [0.1, 0.15) is 108 Å². The summed E-state index contributed by atoms with van der Waals surface area (Å²) in [6, 6.07) is 9.60. The van der Waals surface area contributed by atoms with E-state index < -0.39 is 56.9 Å². The predicted octanol–water partition coefficient (Wildman–Crippen LogP) is 6.32. The van der Waals surface area contributed by atoms with Crippen LogP contribution in [0.15, 0.2) is 36.4 Å². The van der Waals surface area contributed by atoms with Crippen LogP contribution < -0.4 is 20.1 Å². The number of carbonyl (C=O) groups is 2. The van der Waals surface area contributed by atoms with E-state index in [-0.39, 0.29) is 42.4 Å². The lowest BCUT2D eigenvalue weighted by Crippen LogP contribution is -2.53. The lowest BCUT2D eigenvalue weighted by molar-refractivity contribution is -0.133. The second kappa shape index (κ2) is 12.5. The Kier molecular flexibility index (Phi) is 8.80. The zero-order chi connectivity index (χ0) is 35.7. The third-order valence-corrected chi connectivity index (χ3v) is 13.6. The molecule has 3 atom stereocenters. The van der Waals surface area contributed by atoms with Crippen LogP contribution in [-0.4, -0.2) is 61.3 Å². The van der Waals surface area contributed by atoms with Crippen molar-refractivity contribution in [3.8, 4) is 16.9 Å². The highest BCUT2D eigenvalue weighted by atomic mass is 32.2. The molecule has 0 unspecified atom stereocenters. The van der Waals surface area contributed by atoms with Crippen LogP contribution in [0.2, 0.25) is 0 Å². The molecular weight excluding hydrogens is 674 g/mol. The maximum atomic E-state index is 15.7. The molecule has 0 aromatic heterocycles. The van der Waals surface area contributed by atoms with E-state index in [1.165, 1.54) is 6.07 Å². The summed E-state index contributed by atoms with van der Waals surface area (Å²) in [5.41, 5.74) is -1.51. The van der Waals surface area contributed by atoms with Gasteiger partial charge in [-0.05, 0) is 99.6 Å². The molecule has 2 aromatic carbocycles. The first-order valence-electron chi connectivity index (χ1n) is 17.8. The molecule has 1 spiro atoms. The first-order chi connectivity index (χ1) is 23.5. The second-order valence-electron chi connectivity index (χ2n) is 15.9. The Labute approximate surface area is 290 Å². The lowest BCUT2D eigenvalue weighted by Gasteiger charge is -2.38. The van der Waals surface area contributed by atoms with E-state index >= 15 is 8.78 Å². The molecule has 1 heterocycles. The van der Waals surface area contributed by atoms with E-state index in [1.807, 2.05) is 4.72 Å². The van der Waals surface area contributed by atoms with Gasteiger partial charge in [0, 0.05) is 49.4 Å². The summed E-state index contributed by atoms with van der Waals surface area (Å²) in [5, 5.41) is 4.79. The number of ether oxygens (including phenoxy) is 1. The molecule has 13 heteroatoms. The summed E-state index contributed by atoms with van der Waals surface area (Å²) in [6.07, 6.45) is 5.23. The number of carbonyl (C=O) groups excluding carboxylic acids is 2. The zero-order valence-corrected chi connectivity index (χ0v) is 29.2. The van der Waals surface area contributed by atoms with Gasteiger partial charge < -0.3 is 15.4 Å². The molecule has 1 saturated heterocycles. The van der Waals surface area contributed by atoms with E-state index in [0.29, 0.717) is 47.3 Å². The molecule has 5 aliphatic rings. The number of amides is 2. The molecule has 4 aliphatic carbocycles. The van der Waals surface area contributed by atoms with Crippen LogP contribution in [-0.2, 0) is 25.0 Å². The van der Waals surface area contributed by atoms with Crippen molar-refractivity contribution >= 4 is 21.8 Å². The third kappa shape index (κ3) is 6.52. The number of hydrogen-bond acceptors (Lipinski definition) is 6. The molecule has 5 fully saturated rings. The lowest BCUT2D eigenvalue weighted by atomic mass is 9.74. The van der Waals surface area contributed by atoms with Crippen molar-refractivity contribution in [3.05, 3.63) is 53.3 Å². The maximum Gasteiger partial charge on any atom is 0.259 e. The Hall–Kier alpha value is -3.19. The smallest absolute Gasteiger partial charge is 0.259 e. The number of sulfonamides is 1. The highest BCUT2D eigenvalue weighted by molar-refractivity contribution is 7.90. The minimum Gasteiger partial charge on any atom is -0.490 e. The van der Waals surface area contributed by atoms with Crippen molar-refractivity contribution in [1.29, 1.82) is 0 Å². The summed E-state index contributed by atoms with van der Waals surface area (Å²) in [5.74, 6) is -4.44. The van der Waals surface area contributed by atoms with Gasteiger partial charge in [0.1, 0.15) is 17.7 Å². The van der Waals surface area contributed by atoms with Crippen molar-refractivity contribution in [2.75, 3.05) is 6.54 Å². The Bertz CT molecular complexity index is 1790. The summed E-state index contributed by atoms with van der Waals surface area (Å²) < 4.78 is 92.1. The first kappa shape index (κ1) is 35.2. The highest BCUT2D eigenvalue weighted by Gasteiger charge is 2.56. The van der Waals surface area contributed by atoms with E-state index in [4.69, 9.17) is 4.74 Å². The zero-order valence-electron chi connectivity index (χ0n) is 28.4. The van der Waals surface area contributed by atoms with Gasteiger partial charge >= 0.3 is 0 Å².